The maximum absolute atomic E-state index is 12.6. The molecule has 2 bridgehead atoms. The van der Waals surface area contributed by atoms with Gasteiger partial charge in [-0.25, -0.2) is 0 Å². The summed E-state index contributed by atoms with van der Waals surface area (Å²) in [6.07, 6.45) is 5.82. The number of fused-ring (bicyclic) bond motifs is 4. The number of piperidine rings is 1. The van der Waals surface area contributed by atoms with Crippen LogP contribution >= 0.6 is 0 Å². The fraction of sp³-hybridized carbons (Fsp3) is 0.696. The molecule has 1 aromatic carbocycles. The van der Waals surface area contributed by atoms with Crippen LogP contribution < -0.4 is 4.90 Å². The van der Waals surface area contributed by atoms with Crippen LogP contribution in [0, 0.1) is 11.3 Å². The summed E-state index contributed by atoms with van der Waals surface area (Å²) >= 11 is 0. The highest BCUT2D eigenvalue weighted by Gasteiger charge is 2.46. The zero-order valence-corrected chi connectivity index (χ0v) is 17.3. The van der Waals surface area contributed by atoms with E-state index in [2.05, 4.69) is 54.8 Å². The summed E-state index contributed by atoms with van der Waals surface area (Å²) in [6, 6.07) is 9.46. The molecule has 0 radical (unpaired) electrons. The third-order valence-corrected chi connectivity index (χ3v) is 6.41. The Morgan fingerprint density at radius 3 is 2.56 bits per heavy atom. The number of aryl methyl sites for hydroxylation is 1. The molecule has 3 aliphatic rings. The fourth-order valence-electron chi connectivity index (χ4n) is 4.95. The van der Waals surface area contributed by atoms with E-state index in [9.17, 15) is 4.79 Å². The molecule has 1 amide bonds. The van der Waals surface area contributed by atoms with Gasteiger partial charge in [0.2, 0.25) is 5.91 Å². The first kappa shape index (κ1) is 20.2. The number of benzene rings is 1. The van der Waals surface area contributed by atoms with Gasteiger partial charge >= 0.3 is 0 Å². The Kier molecular flexibility index (Phi) is 6.46. The van der Waals surface area contributed by atoms with Gasteiger partial charge in [-0.1, -0.05) is 39.3 Å². The van der Waals surface area contributed by atoms with Gasteiger partial charge in [-0.3, -0.25) is 4.79 Å². The zero-order chi connectivity index (χ0) is 19.4. The molecule has 3 aliphatic heterocycles. The number of hydrogen-bond donors (Lipinski definition) is 1. The summed E-state index contributed by atoms with van der Waals surface area (Å²) in [5, 5.41) is 9.06. The van der Waals surface area contributed by atoms with Crippen LogP contribution in [-0.2, 0) is 11.2 Å². The molecule has 0 unspecified atom stereocenters. The molecule has 0 aliphatic carbocycles. The van der Waals surface area contributed by atoms with Crippen molar-refractivity contribution in [2.75, 3.05) is 31.1 Å². The number of unbranched alkanes of at least 4 members (excludes halogenated alkanes) is 1. The number of rotatable bonds is 7. The standard InChI is InChI=1S/C23H36N2O2/c1-4-5-7-18-9-11-20(12-10-18)25-16-19-14-23(2,3)21(25)17-24(15-19)22(27)8-6-13-26/h9-12,19,21,26H,4-8,13-17H2,1-3H3/t19-,21-/m1/s1. The summed E-state index contributed by atoms with van der Waals surface area (Å²) in [5.41, 5.74) is 2.90. The number of anilines is 1. The van der Waals surface area contributed by atoms with E-state index in [0.29, 0.717) is 24.8 Å². The number of amides is 1. The van der Waals surface area contributed by atoms with Crippen LogP contribution in [0.5, 0.6) is 0 Å². The van der Waals surface area contributed by atoms with Crippen LogP contribution in [0.25, 0.3) is 0 Å². The van der Waals surface area contributed by atoms with Crippen LogP contribution in [0.15, 0.2) is 24.3 Å². The topological polar surface area (TPSA) is 43.8 Å². The van der Waals surface area contributed by atoms with E-state index in [-0.39, 0.29) is 17.9 Å². The minimum atomic E-state index is 0.0917. The molecule has 0 spiro atoms. The van der Waals surface area contributed by atoms with Gasteiger partial charge < -0.3 is 14.9 Å². The maximum Gasteiger partial charge on any atom is 0.222 e. The van der Waals surface area contributed by atoms with E-state index in [0.717, 1.165) is 26.1 Å². The summed E-state index contributed by atoms with van der Waals surface area (Å²) in [7, 11) is 0. The van der Waals surface area contributed by atoms with E-state index < -0.39 is 0 Å². The second-order valence-electron chi connectivity index (χ2n) is 9.12. The van der Waals surface area contributed by atoms with Gasteiger partial charge in [0, 0.05) is 38.3 Å². The lowest BCUT2D eigenvalue weighted by molar-refractivity contribution is -0.131. The van der Waals surface area contributed by atoms with Crippen molar-refractivity contribution in [2.45, 2.75) is 65.3 Å². The van der Waals surface area contributed by atoms with Gasteiger partial charge in [0.15, 0.2) is 0 Å². The van der Waals surface area contributed by atoms with Crippen molar-refractivity contribution in [1.29, 1.82) is 0 Å². The van der Waals surface area contributed by atoms with Crippen molar-refractivity contribution in [1.82, 2.24) is 4.90 Å². The first-order valence-electron chi connectivity index (χ1n) is 10.7. The first-order valence-corrected chi connectivity index (χ1v) is 10.7. The minimum absolute atomic E-state index is 0.0917. The number of hydrogen-bond acceptors (Lipinski definition) is 3. The van der Waals surface area contributed by atoms with Gasteiger partial charge in [0.05, 0.1) is 6.04 Å². The Balaban J connectivity index is 1.78. The molecule has 0 saturated carbocycles. The van der Waals surface area contributed by atoms with Crippen molar-refractivity contribution in [3.05, 3.63) is 29.8 Å². The summed E-state index contributed by atoms with van der Waals surface area (Å²) in [4.78, 5) is 17.2. The summed E-state index contributed by atoms with van der Waals surface area (Å²) in [5.74, 6) is 0.713. The lowest BCUT2D eigenvalue weighted by Gasteiger charge is -2.48. The van der Waals surface area contributed by atoms with Crippen LogP contribution in [-0.4, -0.2) is 48.2 Å². The minimum Gasteiger partial charge on any atom is -0.396 e. The molecule has 3 saturated heterocycles. The Bertz CT molecular complexity index is 626. The van der Waals surface area contributed by atoms with E-state index in [1.54, 1.807) is 0 Å². The molecule has 4 nitrogen and oxygen atoms in total. The van der Waals surface area contributed by atoms with Crippen molar-refractivity contribution < 1.29 is 9.90 Å². The molecule has 3 fully saturated rings. The van der Waals surface area contributed by atoms with Crippen molar-refractivity contribution in [2.24, 2.45) is 11.3 Å². The molecular formula is C23H36N2O2. The van der Waals surface area contributed by atoms with E-state index in [1.807, 2.05) is 0 Å². The molecule has 4 rings (SSSR count). The molecule has 1 aromatic rings. The largest absolute Gasteiger partial charge is 0.396 e. The van der Waals surface area contributed by atoms with Gasteiger partial charge in [0.1, 0.15) is 0 Å². The molecule has 3 heterocycles. The molecule has 150 valence electrons. The number of aliphatic hydroxyl groups is 1. The highest BCUT2D eigenvalue weighted by Crippen LogP contribution is 2.43. The second kappa shape index (κ2) is 8.64. The molecule has 4 heteroatoms. The SMILES string of the molecule is CCCCc1ccc(N2C[C@H]3CN(C(=O)CCCO)C[C@@H]2C(C)(C)C3)cc1. The smallest absolute Gasteiger partial charge is 0.222 e. The fourth-order valence-corrected chi connectivity index (χ4v) is 4.95. The van der Waals surface area contributed by atoms with Gasteiger partial charge in [-0.05, 0) is 54.7 Å². The van der Waals surface area contributed by atoms with Crippen LogP contribution in [0.1, 0.15) is 58.4 Å². The number of carbonyl (C=O) groups excluding carboxylic acids is 1. The third-order valence-electron chi connectivity index (χ3n) is 6.41. The summed E-state index contributed by atoms with van der Waals surface area (Å²) < 4.78 is 0. The highest BCUT2D eigenvalue weighted by atomic mass is 16.3. The van der Waals surface area contributed by atoms with E-state index >= 15 is 0 Å². The second-order valence-corrected chi connectivity index (χ2v) is 9.12. The average molecular weight is 373 g/mol. The molecule has 1 N–H and O–H groups in total. The Labute approximate surface area is 164 Å². The normalized spacial score (nSPS) is 24.1. The quantitative estimate of drug-likeness (QED) is 0.790. The van der Waals surface area contributed by atoms with Crippen molar-refractivity contribution in [3.63, 3.8) is 0 Å². The molecule has 2 atom stereocenters. The number of nitrogens with zero attached hydrogens (tertiary/aromatic N) is 2. The molecular weight excluding hydrogens is 336 g/mol. The first-order chi connectivity index (χ1) is 12.9. The van der Waals surface area contributed by atoms with Crippen LogP contribution in [0.3, 0.4) is 0 Å². The Morgan fingerprint density at radius 2 is 1.89 bits per heavy atom. The average Bonchev–Trinajstić information content (AvgIpc) is 2.92. The van der Waals surface area contributed by atoms with Gasteiger partial charge in [0.25, 0.3) is 0 Å². The Morgan fingerprint density at radius 1 is 1.15 bits per heavy atom. The predicted octanol–water partition coefficient (Wildman–Crippen LogP) is 3.87. The predicted molar refractivity (Wildman–Crippen MR) is 111 cm³/mol. The van der Waals surface area contributed by atoms with Gasteiger partial charge in [-0.2, -0.15) is 0 Å². The molecule has 27 heavy (non-hydrogen) atoms. The third kappa shape index (κ3) is 4.66. The number of aliphatic hydroxyl groups excluding tert-OH is 1. The van der Waals surface area contributed by atoms with E-state index in [1.165, 1.54) is 30.5 Å². The summed E-state index contributed by atoms with van der Waals surface area (Å²) in [6.45, 7) is 9.72. The van der Waals surface area contributed by atoms with Gasteiger partial charge in [-0.15, -0.1) is 0 Å². The lowest BCUT2D eigenvalue weighted by Crippen LogP contribution is -2.54. The van der Waals surface area contributed by atoms with Crippen LogP contribution in [0.2, 0.25) is 0 Å². The number of carbonyl (C=O) groups is 1. The van der Waals surface area contributed by atoms with Crippen molar-refractivity contribution >= 4 is 11.6 Å². The van der Waals surface area contributed by atoms with Crippen LogP contribution in [0.4, 0.5) is 5.69 Å². The van der Waals surface area contributed by atoms with E-state index in [4.69, 9.17) is 5.11 Å². The zero-order valence-electron chi connectivity index (χ0n) is 17.3. The highest BCUT2D eigenvalue weighted by molar-refractivity contribution is 5.76. The maximum atomic E-state index is 12.6. The van der Waals surface area contributed by atoms with Crippen molar-refractivity contribution in [3.8, 4) is 0 Å². The monoisotopic (exact) mass is 372 g/mol. The molecule has 0 aromatic heterocycles. The lowest BCUT2D eigenvalue weighted by atomic mass is 9.73. The Hall–Kier alpha value is -1.55.